The van der Waals surface area contributed by atoms with Crippen LogP contribution in [-0.4, -0.2) is 20.4 Å². The molecule has 9 heteroatoms. The number of halogens is 4. The number of carbonyl (C=O) groups excluding carboxylic acids is 1. The highest BCUT2D eigenvalue weighted by Gasteiger charge is 2.39. The summed E-state index contributed by atoms with van der Waals surface area (Å²) in [6.45, 7) is 0. The summed E-state index contributed by atoms with van der Waals surface area (Å²) in [5.74, 6) is -2.32. The summed E-state index contributed by atoms with van der Waals surface area (Å²) < 4.78 is 55.3. The minimum atomic E-state index is -4.77. The molecule has 5 nitrogen and oxygen atoms in total. The third kappa shape index (κ3) is 3.54. The van der Waals surface area contributed by atoms with Gasteiger partial charge in [0.05, 0.1) is 11.1 Å². The van der Waals surface area contributed by atoms with E-state index in [0.29, 0.717) is 36.9 Å². The van der Waals surface area contributed by atoms with Gasteiger partial charge in [0.25, 0.3) is 0 Å². The standard InChI is InChI=1S/C21H16F4N4O/c22-16-3-1-2-15(18(16)21(23,24)25)13-5-7-14(8-6-13)19(30)20-28-27-17-9-4-12(10-26)11-29(17)20/h1-4,9,11,13-14H,5-8H2. The normalized spacial score (nSPS) is 19.6. The lowest BCUT2D eigenvalue weighted by atomic mass is 9.76. The molecule has 1 aromatic carbocycles. The van der Waals surface area contributed by atoms with Crippen LogP contribution in [0.2, 0.25) is 0 Å². The minimum Gasteiger partial charge on any atom is -0.290 e. The summed E-state index contributed by atoms with van der Waals surface area (Å²) in [4.78, 5) is 13.0. The number of nitrogens with zero attached hydrogens (tertiary/aromatic N) is 4. The van der Waals surface area contributed by atoms with Crippen LogP contribution in [0.25, 0.3) is 5.65 Å². The Hall–Kier alpha value is -3.28. The van der Waals surface area contributed by atoms with E-state index in [0.717, 1.165) is 6.07 Å². The van der Waals surface area contributed by atoms with Gasteiger partial charge in [0.1, 0.15) is 11.9 Å². The van der Waals surface area contributed by atoms with E-state index in [1.165, 1.54) is 22.7 Å². The molecule has 2 aromatic heterocycles. The summed E-state index contributed by atoms with van der Waals surface area (Å²) in [6.07, 6.45) is -1.89. The zero-order valence-electron chi connectivity index (χ0n) is 15.7. The number of pyridine rings is 1. The maximum absolute atomic E-state index is 13.9. The van der Waals surface area contributed by atoms with Crippen LogP contribution in [0, 0.1) is 23.1 Å². The predicted molar refractivity (Wildman–Crippen MR) is 98.1 cm³/mol. The smallest absolute Gasteiger partial charge is 0.290 e. The highest BCUT2D eigenvalue weighted by Crippen LogP contribution is 2.43. The van der Waals surface area contributed by atoms with Gasteiger partial charge in [-0.2, -0.15) is 18.4 Å². The first-order chi connectivity index (χ1) is 14.3. The minimum absolute atomic E-state index is 0.0556. The van der Waals surface area contributed by atoms with Crippen LogP contribution in [0.1, 0.15) is 58.9 Å². The molecule has 30 heavy (non-hydrogen) atoms. The molecule has 0 N–H and O–H groups in total. The molecule has 0 bridgehead atoms. The predicted octanol–water partition coefficient (Wildman–Crippen LogP) is 4.92. The maximum Gasteiger partial charge on any atom is 0.419 e. The van der Waals surface area contributed by atoms with Gasteiger partial charge >= 0.3 is 6.18 Å². The number of hydrogen-bond donors (Lipinski definition) is 0. The molecule has 0 radical (unpaired) electrons. The number of rotatable bonds is 3. The second kappa shape index (κ2) is 7.52. The molecule has 1 aliphatic carbocycles. The fourth-order valence-corrected chi connectivity index (χ4v) is 4.15. The SMILES string of the molecule is N#Cc1ccc2nnc(C(=O)C3CCC(c4cccc(F)c4C(F)(F)F)CC3)n2c1. The van der Waals surface area contributed by atoms with Crippen molar-refractivity contribution in [2.24, 2.45) is 5.92 Å². The van der Waals surface area contributed by atoms with Crippen LogP contribution in [0.5, 0.6) is 0 Å². The van der Waals surface area contributed by atoms with E-state index in [1.54, 1.807) is 12.1 Å². The molecule has 2 heterocycles. The topological polar surface area (TPSA) is 71.0 Å². The molecule has 3 aromatic rings. The third-order valence-corrected chi connectivity index (χ3v) is 5.62. The van der Waals surface area contributed by atoms with Gasteiger partial charge in [-0.25, -0.2) is 4.39 Å². The van der Waals surface area contributed by atoms with Crippen molar-refractivity contribution in [2.45, 2.75) is 37.8 Å². The van der Waals surface area contributed by atoms with E-state index >= 15 is 0 Å². The van der Waals surface area contributed by atoms with Crippen LogP contribution in [0.3, 0.4) is 0 Å². The number of benzene rings is 1. The van der Waals surface area contributed by atoms with Gasteiger partial charge in [0, 0.05) is 12.1 Å². The first kappa shape index (κ1) is 20.0. The quantitative estimate of drug-likeness (QED) is 0.449. The van der Waals surface area contributed by atoms with Gasteiger partial charge in [0.2, 0.25) is 11.6 Å². The van der Waals surface area contributed by atoms with Crippen LogP contribution in [-0.2, 0) is 6.18 Å². The van der Waals surface area contributed by atoms with E-state index in [2.05, 4.69) is 10.2 Å². The largest absolute Gasteiger partial charge is 0.419 e. The van der Waals surface area contributed by atoms with Gasteiger partial charge in [-0.15, -0.1) is 10.2 Å². The molecular weight excluding hydrogens is 400 g/mol. The zero-order valence-corrected chi connectivity index (χ0v) is 15.7. The summed E-state index contributed by atoms with van der Waals surface area (Å²) >= 11 is 0. The van der Waals surface area contributed by atoms with Gasteiger partial charge in [-0.3, -0.25) is 9.20 Å². The molecule has 1 saturated carbocycles. The Morgan fingerprint density at radius 3 is 2.50 bits per heavy atom. The second-order valence-electron chi connectivity index (χ2n) is 7.40. The highest BCUT2D eigenvalue weighted by atomic mass is 19.4. The average Bonchev–Trinajstić information content (AvgIpc) is 3.15. The van der Waals surface area contributed by atoms with Gasteiger partial charge in [0.15, 0.2) is 5.65 Å². The molecule has 4 rings (SSSR count). The van der Waals surface area contributed by atoms with Crippen molar-refractivity contribution in [3.8, 4) is 6.07 Å². The number of Topliss-reactive ketones (excluding diaryl/α,β-unsaturated/α-hetero) is 1. The van der Waals surface area contributed by atoms with Crippen LogP contribution >= 0.6 is 0 Å². The first-order valence-corrected chi connectivity index (χ1v) is 9.44. The van der Waals surface area contributed by atoms with Crippen molar-refractivity contribution in [1.29, 1.82) is 5.26 Å². The van der Waals surface area contributed by atoms with E-state index in [9.17, 15) is 22.4 Å². The van der Waals surface area contributed by atoms with Crippen LogP contribution < -0.4 is 0 Å². The number of alkyl halides is 3. The number of fused-ring (bicyclic) bond motifs is 1. The van der Waals surface area contributed by atoms with Crippen molar-refractivity contribution in [3.63, 3.8) is 0 Å². The zero-order chi connectivity index (χ0) is 21.5. The Morgan fingerprint density at radius 2 is 1.83 bits per heavy atom. The Balaban J connectivity index is 1.54. The molecule has 0 atom stereocenters. The van der Waals surface area contributed by atoms with E-state index in [4.69, 9.17) is 5.26 Å². The van der Waals surface area contributed by atoms with Crippen LogP contribution in [0.15, 0.2) is 36.5 Å². The monoisotopic (exact) mass is 416 g/mol. The summed E-state index contributed by atoms with van der Waals surface area (Å²) in [5, 5.41) is 16.9. The number of aromatic nitrogens is 3. The molecule has 0 unspecified atom stereocenters. The Labute approximate surface area is 169 Å². The summed E-state index contributed by atoms with van der Waals surface area (Å²) in [7, 11) is 0. The van der Waals surface area contributed by atoms with Crippen molar-refractivity contribution in [2.75, 3.05) is 0 Å². The second-order valence-corrected chi connectivity index (χ2v) is 7.40. The molecule has 154 valence electrons. The van der Waals surface area contributed by atoms with Gasteiger partial charge in [-0.1, -0.05) is 12.1 Å². The molecule has 1 fully saturated rings. The molecule has 0 aliphatic heterocycles. The molecule has 0 spiro atoms. The fourth-order valence-electron chi connectivity index (χ4n) is 4.15. The number of carbonyl (C=O) groups is 1. The number of hydrogen-bond acceptors (Lipinski definition) is 4. The van der Waals surface area contributed by atoms with E-state index < -0.39 is 29.4 Å². The summed E-state index contributed by atoms with van der Waals surface area (Å²) in [5.41, 5.74) is -0.487. The van der Waals surface area contributed by atoms with Crippen LogP contribution in [0.4, 0.5) is 17.6 Å². The molecular formula is C21H16F4N4O. The molecule has 0 saturated heterocycles. The fraction of sp³-hybridized carbons (Fsp3) is 0.333. The van der Waals surface area contributed by atoms with Gasteiger partial charge in [-0.05, 0) is 55.4 Å². The molecule has 0 amide bonds. The third-order valence-electron chi connectivity index (χ3n) is 5.62. The van der Waals surface area contributed by atoms with E-state index in [1.807, 2.05) is 6.07 Å². The lowest BCUT2D eigenvalue weighted by molar-refractivity contribution is -0.140. The Morgan fingerprint density at radius 1 is 1.10 bits per heavy atom. The number of nitriles is 1. The lowest BCUT2D eigenvalue weighted by Crippen LogP contribution is -2.24. The average molecular weight is 416 g/mol. The Bertz CT molecular complexity index is 1150. The first-order valence-electron chi connectivity index (χ1n) is 9.44. The van der Waals surface area contributed by atoms with Crippen molar-refractivity contribution >= 4 is 11.4 Å². The molecule has 1 aliphatic rings. The summed E-state index contributed by atoms with van der Waals surface area (Å²) in [6, 6.07) is 8.56. The Kier molecular flexibility index (Phi) is 5.02. The lowest BCUT2D eigenvalue weighted by Gasteiger charge is -2.29. The number of ketones is 1. The van der Waals surface area contributed by atoms with E-state index in [-0.39, 0.29) is 17.2 Å². The van der Waals surface area contributed by atoms with Gasteiger partial charge < -0.3 is 0 Å². The van der Waals surface area contributed by atoms with Crippen molar-refractivity contribution < 1.29 is 22.4 Å². The highest BCUT2D eigenvalue weighted by molar-refractivity contribution is 5.95. The van der Waals surface area contributed by atoms with Crippen molar-refractivity contribution in [1.82, 2.24) is 14.6 Å². The maximum atomic E-state index is 13.9. The van der Waals surface area contributed by atoms with Crippen molar-refractivity contribution in [3.05, 3.63) is 64.9 Å².